The van der Waals surface area contributed by atoms with Gasteiger partial charge in [-0.15, -0.1) is 0 Å². The first-order chi connectivity index (χ1) is 7.72. The van der Waals surface area contributed by atoms with Crippen LogP contribution in [0.4, 0.5) is 5.69 Å². The minimum absolute atomic E-state index is 0.560. The summed E-state index contributed by atoms with van der Waals surface area (Å²) in [6.45, 7) is 3.45. The normalized spacial score (nSPS) is 24.7. The van der Waals surface area contributed by atoms with Crippen LogP contribution in [0, 0.1) is 5.92 Å². The standard InChI is InChI=1S/C14H22N2/c1-4-11-8-9-15-14(11)12-6-5-7-13(10-12)16(2)3/h5-7,10-11,14-15H,4,8-9H2,1-3H3/t11-,14+/m0/s1. The topological polar surface area (TPSA) is 15.3 Å². The van der Waals surface area contributed by atoms with E-state index in [0.717, 1.165) is 12.5 Å². The first kappa shape index (κ1) is 11.5. The lowest BCUT2D eigenvalue weighted by Gasteiger charge is -2.21. The number of nitrogens with zero attached hydrogens (tertiary/aromatic N) is 1. The van der Waals surface area contributed by atoms with Gasteiger partial charge in [-0.25, -0.2) is 0 Å². The van der Waals surface area contributed by atoms with E-state index >= 15 is 0 Å². The van der Waals surface area contributed by atoms with Gasteiger partial charge in [-0.3, -0.25) is 0 Å². The lowest BCUT2D eigenvalue weighted by atomic mass is 9.92. The molecule has 1 fully saturated rings. The summed E-state index contributed by atoms with van der Waals surface area (Å²) in [5, 5.41) is 3.62. The van der Waals surface area contributed by atoms with Crippen LogP contribution >= 0.6 is 0 Å². The molecule has 0 bridgehead atoms. The molecular formula is C14H22N2. The van der Waals surface area contributed by atoms with E-state index in [1.807, 2.05) is 0 Å². The number of rotatable bonds is 3. The van der Waals surface area contributed by atoms with E-state index < -0.39 is 0 Å². The van der Waals surface area contributed by atoms with Crippen LogP contribution in [0.3, 0.4) is 0 Å². The van der Waals surface area contributed by atoms with E-state index in [2.05, 4.69) is 55.5 Å². The minimum Gasteiger partial charge on any atom is -0.378 e. The summed E-state index contributed by atoms with van der Waals surface area (Å²) in [6.07, 6.45) is 2.58. The van der Waals surface area contributed by atoms with Crippen LogP contribution in [0.2, 0.25) is 0 Å². The summed E-state index contributed by atoms with van der Waals surface area (Å²) in [5.74, 6) is 0.803. The molecule has 1 heterocycles. The van der Waals surface area contributed by atoms with Gasteiger partial charge in [-0.1, -0.05) is 25.5 Å². The van der Waals surface area contributed by atoms with Gasteiger partial charge in [0.25, 0.3) is 0 Å². The van der Waals surface area contributed by atoms with Gasteiger partial charge in [0.1, 0.15) is 0 Å². The number of nitrogens with one attached hydrogen (secondary N) is 1. The molecule has 0 aliphatic carbocycles. The van der Waals surface area contributed by atoms with E-state index in [0.29, 0.717) is 6.04 Å². The highest BCUT2D eigenvalue weighted by Crippen LogP contribution is 2.32. The lowest BCUT2D eigenvalue weighted by molar-refractivity contribution is 0.449. The van der Waals surface area contributed by atoms with E-state index in [-0.39, 0.29) is 0 Å². The number of hydrogen-bond acceptors (Lipinski definition) is 2. The Labute approximate surface area is 98.7 Å². The van der Waals surface area contributed by atoms with Crippen molar-refractivity contribution in [3.8, 4) is 0 Å². The molecule has 0 radical (unpaired) electrons. The van der Waals surface area contributed by atoms with Crippen molar-refractivity contribution in [3.63, 3.8) is 0 Å². The quantitative estimate of drug-likeness (QED) is 0.839. The summed E-state index contributed by atoms with van der Waals surface area (Å²) in [7, 11) is 4.19. The molecule has 1 N–H and O–H groups in total. The Bertz CT molecular complexity index is 346. The molecular weight excluding hydrogens is 196 g/mol. The third-order valence-electron chi connectivity index (χ3n) is 3.62. The highest BCUT2D eigenvalue weighted by Gasteiger charge is 2.26. The third kappa shape index (κ3) is 2.22. The Balaban J connectivity index is 2.22. The minimum atomic E-state index is 0.560. The van der Waals surface area contributed by atoms with Crippen molar-refractivity contribution in [2.24, 2.45) is 5.92 Å². The molecule has 2 heteroatoms. The fourth-order valence-electron chi connectivity index (χ4n) is 2.58. The summed E-state index contributed by atoms with van der Waals surface area (Å²) in [5.41, 5.74) is 2.73. The zero-order valence-corrected chi connectivity index (χ0v) is 10.5. The van der Waals surface area contributed by atoms with Crippen LogP contribution in [0.15, 0.2) is 24.3 Å². The first-order valence-corrected chi connectivity index (χ1v) is 6.23. The average Bonchev–Trinajstić information content (AvgIpc) is 2.77. The highest BCUT2D eigenvalue weighted by molar-refractivity contribution is 5.48. The SMILES string of the molecule is CC[C@H]1CCN[C@H]1c1cccc(N(C)C)c1. The predicted octanol–water partition coefficient (Wildman–Crippen LogP) is 2.81. The fraction of sp³-hybridized carbons (Fsp3) is 0.571. The average molecular weight is 218 g/mol. The molecule has 0 spiro atoms. The van der Waals surface area contributed by atoms with E-state index in [9.17, 15) is 0 Å². The Morgan fingerprint density at radius 3 is 2.88 bits per heavy atom. The Morgan fingerprint density at radius 2 is 2.19 bits per heavy atom. The number of hydrogen-bond donors (Lipinski definition) is 1. The summed E-state index contributed by atoms with van der Waals surface area (Å²) >= 11 is 0. The molecule has 1 aliphatic heterocycles. The molecule has 2 nitrogen and oxygen atoms in total. The van der Waals surface area contributed by atoms with Gasteiger partial charge in [-0.05, 0) is 36.6 Å². The van der Waals surface area contributed by atoms with Crippen LogP contribution < -0.4 is 10.2 Å². The zero-order chi connectivity index (χ0) is 11.5. The second-order valence-corrected chi connectivity index (χ2v) is 4.88. The molecule has 0 amide bonds. The molecule has 2 rings (SSSR count). The van der Waals surface area contributed by atoms with Gasteiger partial charge >= 0.3 is 0 Å². The summed E-state index contributed by atoms with van der Waals surface area (Å²) < 4.78 is 0. The lowest BCUT2D eigenvalue weighted by Crippen LogP contribution is -2.18. The van der Waals surface area contributed by atoms with Crippen LogP contribution in [0.25, 0.3) is 0 Å². The predicted molar refractivity (Wildman–Crippen MR) is 69.9 cm³/mol. The van der Waals surface area contributed by atoms with E-state index in [4.69, 9.17) is 0 Å². The molecule has 0 unspecified atom stereocenters. The smallest absolute Gasteiger partial charge is 0.0364 e. The number of anilines is 1. The molecule has 0 aromatic heterocycles. The van der Waals surface area contributed by atoms with Gasteiger partial charge in [0.2, 0.25) is 0 Å². The van der Waals surface area contributed by atoms with Crippen molar-refractivity contribution in [2.75, 3.05) is 25.5 Å². The Morgan fingerprint density at radius 1 is 1.38 bits per heavy atom. The molecule has 1 aliphatic rings. The van der Waals surface area contributed by atoms with Crippen molar-refractivity contribution in [2.45, 2.75) is 25.8 Å². The van der Waals surface area contributed by atoms with Gasteiger partial charge < -0.3 is 10.2 Å². The van der Waals surface area contributed by atoms with Gasteiger partial charge in [-0.2, -0.15) is 0 Å². The fourth-order valence-corrected chi connectivity index (χ4v) is 2.58. The number of benzene rings is 1. The summed E-state index contributed by atoms with van der Waals surface area (Å²) in [6, 6.07) is 9.45. The maximum Gasteiger partial charge on any atom is 0.0364 e. The van der Waals surface area contributed by atoms with Crippen LogP contribution in [-0.4, -0.2) is 20.6 Å². The molecule has 0 saturated carbocycles. The molecule has 1 saturated heterocycles. The van der Waals surface area contributed by atoms with Crippen LogP contribution in [-0.2, 0) is 0 Å². The van der Waals surface area contributed by atoms with Crippen molar-refractivity contribution in [3.05, 3.63) is 29.8 Å². The Hall–Kier alpha value is -1.02. The van der Waals surface area contributed by atoms with Gasteiger partial charge in [0, 0.05) is 25.8 Å². The molecule has 2 atom stereocenters. The zero-order valence-electron chi connectivity index (χ0n) is 10.5. The molecule has 1 aromatic carbocycles. The molecule has 88 valence electrons. The second kappa shape index (κ2) is 4.88. The van der Waals surface area contributed by atoms with Crippen molar-refractivity contribution in [1.82, 2.24) is 5.32 Å². The van der Waals surface area contributed by atoms with Crippen LogP contribution in [0.1, 0.15) is 31.4 Å². The Kier molecular flexibility index (Phi) is 3.49. The van der Waals surface area contributed by atoms with Gasteiger partial charge in [0.05, 0.1) is 0 Å². The second-order valence-electron chi connectivity index (χ2n) is 4.88. The monoisotopic (exact) mass is 218 g/mol. The maximum absolute atomic E-state index is 3.62. The molecule has 1 aromatic rings. The third-order valence-corrected chi connectivity index (χ3v) is 3.62. The first-order valence-electron chi connectivity index (χ1n) is 6.23. The van der Waals surface area contributed by atoms with Crippen molar-refractivity contribution >= 4 is 5.69 Å². The largest absolute Gasteiger partial charge is 0.378 e. The van der Waals surface area contributed by atoms with Gasteiger partial charge in [0.15, 0.2) is 0 Å². The van der Waals surface area contributed by atoms with E-state index in [1.165, 1.54) is 24.1 Å². The van der Waals surface area contributed by atoms with E-state index in [1.54, 1.807) is 0 Å². The summed E-state index contributed by atoms with van der Waals surface area (Å²) in [4.78, 5) is 2.17. The van der Waals surface area contributed by atoms with Crippen molar-refractivity contribution < 1.29 is 0 Å². The van der Waals surface area contributed by atoms with Crippen molar-refractivity contribution in [1.29, 1.82) is 0 Å². The highest BCUT2D eigenvalue weighted by atomic mass is 15.1. The van der Waals surface area contributed by atoms with Crippen LogP contribution in [0.5, 0.6) is 0 Å². The molecule has 16 heavy (non-hydrogen) atoms. The maximum atomic E-state index is 3.62.